The van der Waals surface area contributed by atoms with Crippen molar-refractivity contribution in [3.63, 3.8) is 0 Å². The number of carbonyl (C=O) groups is 2. The SMILES string of the molecule is COCCOc1cccc(C=O)c1N1CCC(CNC(=O)OC(C)(C)C)C1. The number of aldehydes is 1. The fourth-order valence-electron chi connectivity index (χ4n) is 3.07. The van der Waals surface area contributed by atoms with Gasteiger partial charge in [0, 0.05) is 32.3 Å². The number of ether oxygens (including phenoxy) is 3. The molecule has 1 saturated heterocycles. The molecule has 0 spiro atoms. The van der Waals surface area contributed by atoms with Crippen LogP contribution < -0.4 is 15.0 Å². The molecule has 1 atom stereocenters. The smallest absolute Gasteiger partial charge is 0.407 e. The van der Waals surface area contributed by atoms with E-state index < -0.39 is 11.7 Å². The van der Waals surface area contributed by atoms with Gasteiger partial charge in [-0.25, -0.2) is 4.79 Å². The Bertz CT molecular complexity index is 642. The zero-order chi connectivity index (χ0) is 19.9. The highest BCUT2D eigenvalue weighted by Gasteiger charge is 2.27. The minimum Gasteiger partial charge on any atom is -0.489 e. The molecule has 0 radical (unpaired) electrons. The number of nitrogens with zero attached hydrogens (tertiary/aromatic N) is 1. The van der Waals surface area contributed by atoms with Crippen LogP contribution in [-0.4, -0.2) is 57.9 Å². The van der Waals surface area contributed by atoms with E-state index in [1.807, 2.05) is 32.9 Å². The number of anilines is 1. The molecule has 1 amide bonds. The maximum absolute atomic E-state index is 11.8. The first-order valence-electron chi connectivity index (χ1n) is 9.25. The lowest BCUT2D eigenvalue weighted by Gasteiger charge is -2.24. The lowest BCUT2D eigenvalue weighted by molar-refractivity contribution is 0.0520. The summed E-state index contributed by atoms with van der Waals surface area (Å²) in [4.78, 5) is 25.5. The Balaban J connectivity index is 1.99. The molecule has 150 valence electrons. The molecule has 1 aromatic carbocycles. The van der Waals surface area contributed by atoms with E-state index in [0.717, 1.165) is 31.5 Å². The van der Waals surface area contributed by atoms with Crippen molar-refractivity contribution in [3.8, 4) is 5.75 Å². The average molecular weight is 378 g/mol. The zero-order valence-electron chi connectivity index (χ0n) is 16.6. The van der Waals surface area contributed by atoms with Crippen molar-refractivity contribution in [2.75, 3.05) is 44.9 Å². The van der Waals surface area contributed by atoms with Crippen molar-refractivity contribution in [2.45, 2.75) is 32.8 Å². The molecule has 1 fully saturated rings. The molecule has 1 N–H and O–H groups in total. The van der Waals surface area contributed by atoms with E-state index in [0.29, 0.717) is 31.1 Å². The number of hydrogen-bond donors (Lipinski definition) is 1. The third-order valence-electron chi connectivity index (χ3n) is 4.24. The number of nitrogens with one attached hydrogen (secondary N) is 1. The molecular weight excluding hydrogens is 348 g/mol. The van der Waals surface area contributed by atoms with Crippen molar-refractivity contribution in [3.05, 3.63) is 23.8 Å². The second kappa shape index (κ2) is 9.60. The molecule has 0 saturated carbocycles. The highest BCUT2D eigenvalue weighted by atomic mass is 16.6. The Morgan fingerprint density at radius 2 is 2.11 bits per heavy atom. The number of benzene rings is 1. The van der Waals surface area contributed by atoms with E-state index in [4.69, 9.17) is 14.2 Å². The summed E-state index contributed by atoms with van der Waals surface area (Å²) in [6.45, 7) is 8.49. The maximum Gasteiger partial charge on any atom is 0.407 e. The van der Waals surface area contributed by atoms with Gasteiger partial charge < -0.3 is 24.4 Å². The number of methoxy groups -OCH3 is 1. The summed E-state index contributed by atoms with van der Waals surface area (Å²) in [6.07, 6.45) is 1.36. The average Bonchev–Trinajstić information content (AvgIpc) is 3.07. The van der Waals surface area contributed by atoms with Gasteiger partial charge in [-0.15, -0.1) is 0 Å². The van der Waals surface area contributed by atoms with Gasteiger partial charge in [-0.2, -0.15) is 0 Å². The summed E-state index contributed by atoms with van der Waals surface area (Å²) in [6, 6.07) is 5.47. The first-order chi connectivity index (χ1) is 12.8. The predicted octanol–water partition coefficient (Wildman–Crippen LogP) is 2.88. The van der Waals surface area contributed by atoms with Crippen molar-refractivity contribution in [2.24, 2.45) is 5.92 Å². The summed E-state index contributed by atoms with van der Waals surface area (Å²) in [5, 5.41) is 2.83. The zero-order valence-corrected chi connectivity index (χ0v) is 16.6. The number of alkyl carbamates (subject to hydrolysis) is 1. The fraction of sp³-hybridized carbons (Fsp3) is 0.600. The van der Waals surface area contributed by atoms with Gasteiger partial charge in [-0.05, 0) is 45.2 Å². The molecule has 0 aliphatic carbocycles. The van der Waals surface area contributed by atoms with Crippen LogP contribution in [0.3, 0.4) is 0 Å². The normalized spacial score (nSPS) is 16.9. The third-order valence-corrected chi connectivity index (χ3v) is 4.24. The van der Waals surface area contributed by atoms with Gasteiger partial charge >= 0.3 is 6.09 Å². The number of para-hydroxylation sites is 1. The Kier molecular flexibility index (Phi) is 7.47. The molecule has 7 heteroatoms. The molecule has 0 aromatic heterocycles. The van der Waals surface area contributed by atoms with E-state index in [1.165, 1.54) is 0 Å². The largest absolute Gasteiger partial charge is 0.489 e. The quantitative estimate of drug-likeness (QED) is 0.554. The predicted molar refractivity (Wildman–Crippen MR) is 104 cm³/mol. The maximum atomic E-state index is 11.8. The lowest BCUT2D eigenvalue weighted by Crippen LogP contribution is -2.36. The molecule has 1 unspecified atom stereocenters. The highest BCUT2D eigenvalue weighted by Crippen LogP contribution is 2.35. The molecule has 1 heterocycles. The number of amides is 1. The summed E-state index contributed by atoms with van der Waals surface area (Å²) in [5.74, 6) is 0.960. The molecule has 1 aliphatic heterocycles. The molecule has 1 aromatic rings. The summed E-state index contributed by atoms with van der Waals surface area (Å²) in [5.41, 5.74) is 0.900. The number of carbonyl (C=O) groups excluding carboxylic acids is 2. The fourth-order valence-corrected chi connectivity index (χ4v) is 3.07. The van der Waals surface area contributed by atoms with Crippen LogP contribution >= 0.6 is 0 Å². The van der Waals surface area contributed by atoms with E-state index >= 15 is 0 Å². The van der Waals surface area contributed by atoms with Gasteiger partial charge in [0.1, 0.15) is 18.0 Å². The first kappa shape index (κ1) is 21.0. The number of hydrogen-bond acceptors (Lipinski definition) is 6. The van der Waals surface area contributed by atoms with Gasteiger partial charge in [-0.3, -0.25) is 4.79 Å². The van der Waals surface area contributed by atoms with Crippen LogP contribution in [-0.2, 0) is 9.47 Å². The standard InChI is InChI=1S/C20H30N2O5/c1-20(2,3)27-19(24)21-12-15-8-9-22(13-15)18-16(14-23)6-5-7-17(18)26-11-10-25-4/h5-7,14-15H,8-13H2,1-4H3,(H,21,24). The van der Waals surface area contributed by atoms with Crippen LogP contribution in [0.5, 0.6) is 5.75 Å². The van der Waals surface area contributed by atoms with E-state index in [1.54, 1.807) is 13.2 Å². The van der Waals surface area contributed by atoms with E-state index in [-0.39, 0.29) is 5.92 Å². The van der Waals surface area contributed by atoms with Crippen molar-refractivity contribution >= 4 is 18.1 Å². The lowest BCUT2D eigenvalue weighted by atomic mass is 10.1. The van der Waals surface area contributed by atoms with Gasteiger partial charge in [0.05, 0.1) is 12.3 Å². The molecule has 7 nitrogen and oxygen atoms in total. The second-order valence-electron chi connectivity index (χ2n) is 7.64. The van der Waals surface area contributed by atoms with Crippen LogP contribution in [0.15, 0.2) is 18.2 Å². The third kappa shape index (κ3) is 6.43. The van der Waals surface area contributed by atoms with Crippen molar-refractivity contribution < 1.29 is 23.8 Å². The van der Waals surface area contributed by atoms with Gasteiger partial charge in [0.25, 0.3) is 0 Å². The van der Waals surface area contributed by atoms with Gasteiger partial charge in [0.15, 0.2) is 6.29 Å². The van der Waals surface area contributed by atoms with Crippen molar-refractivity contribution in [1.29, 1.82) is 0 Å². The Morgan fingerprint density at radius 3 is 2.78 bits per heavy atom. The van der Waals surface area contributed by atoms with Crippen LogP contribution in [0.1, 0.15) is 37.6 Å². The van der Waals surface area contributed by atoms with Crippen LogP contribution in [0, 0.1) is 5.92 Å². The number of rotatable bonds is 8. The minimum absolute atomic E-state index is 0.282. The summed E-state index contributed by atoms with van der Waals surface area (Å²) >= 11 is 0. The van der Waals surface area contributed by atoms with E-state index in [9.17, 15) is 9.59 Å². The second-order valence-corrected chi connectivity index (χ2v) is 7.64. The molecule has 2 rings (SSSR count). The van der Waals surface area contributed by atoms with E-state index in [2.05, 4.69) is 10.2 Å². The minimum atomic E-state index is -0.511. The molecule has 0 bridgehead atoms. The Hall–Kier alpha value is -2.28. The van der Waals surface area contributed by atoms with Crippen molar-refractivity contribution in [1.82, 2.24) is 5.32 Å². The molecule has 27 heavy (non-hydrogen) atoms. The summed E-state index contributed by atoms with van der Waals surface area (Å²) < 4.78 is 16.1. The summed E-state index contributed by atoms with van der Waals surface area (Å²) in [7, 11) is 1.62. The molecule has 1 aliphatic rings. The van der Waals surface area contributed by atoms with Gasteiger partial charge in [0.2, 0.25) is 0 Å². The van der Waals surface area contributed by atoms with Gasteiger partial charge in [-0.1, -0.05) is 6.07 Å². The van der Waals surface area contributed by atoms with Crippen LogP contribution in [0.25, 0.3) is 0 Å². The Labute approximate surface area is 161 Å². The monoisotopic (exact) mass is 378 g/mol. The first-order valence-corrected chi connectivity index (χ1v) is 9.25. The van der Waals surface area contributed by atoms with Crippen LogP contribution in [0.4, 0.5) is 10.5 Å². The topological polar surface area (TPSA) is 77.1 Å². The Morgan fingerprint density at radius 1 is 1.33 bits per heavy atom. The van der Waals surface area contributed by atoms with Crippen LogP contribution in [0.2, 0.25) is 0 Å². The molecular formula is C20H30N2O5. The highest BCUT2D eigenvalue weighted by molar-refractivity contribution is 5.87.